The third-order valence-electron chi connectivity index (χ3n) is 2.64. The number of nitrogens with zero attached hydrogens (tertiary/aromatic N) is 2. The van der Waals surface area contributed by atoms with Gasteiger partial charge >= 0.3 is 0 Å². The molecule has 5 heteroatoms. The van der Waals surface area contributed by atoms with Gasteiger partial charge in [0, 0.05) is 22.0 Å². The van der Waals surface area contributed by atoms with Gasteiger partial charge in [0.05, 0.1) is 17.1 Å². The highest BCUT2D eigenvalue weighted by Crippen LogP contribution is 2.24. The summed E-state index contributed by atoms with van der Waals surface area (Å²) in [4.78, 5) is 8.97. The van der Waals surface area contributed by atoms with Crippen molar-refractivity contribution in [3.8, 4) is 11.3 Å². The summed E-state index contributed by atoms with van der Waals surface area (Å²) >= 11 is 3.23. The number of aryl methyl sites for hydroxylation is 1. The lowest BCUT2D eigenvalue weighted by atomic mass is 10.2. The molecule has 0 saturated heterocycles. The molecule has 0 aliphatic heterocycles. The Labute approximate surface area is 118 Å². The second-order valence-electron chi connectivity index (χ2n) is 4.20. The molecule has 0 saturated carbocycles. The van der Waals surface area contributed by atoms with Crippen molar-refractivity contribution in [3.05, 3.63) is 56.6 Å². The van der Waals surface area contributed by atoms with Crippen LogP contribution < -0.4 is 0 Å². The fourth-order valence-electron chi connectivity index (χ4n) is 1.79. The first-order valence-electron chi connectivity index (χ1n) is 5.82. The van der Waals surface area contributed by atoms with Gasteiger partial charge in [0.15, 0.2) is 0 Å². The van der Waals surface area contributed by atoms with Crippen LogP contribution in [0.5, 0.6) is 0 Å². The van der Waals surface area contributed by atoms with Gasteiger partial charge in [-0.2, -0.15) is 0 Å². The van der Waals surface area contributed by atoms with Gasteiger partial charge in [0.2, 0.25) is 0 Å². The van der Waals surface area contributed by atoms with Gasteiger partial charge < -0.3 is 0 Å². The Morgan fingerprint density at radius 1 is 1.11 bits per heavy atom. The molecule has 2 heterocycles. The minimum atomic E-state index is -0.234. The summed E-state index contributed by atoms with van der Waals surface area (Å²) in [5, 5.41) is 6.08. The largest absolute Gasteiger partial charge is 0.246 e. The van der Waals surface area contributed by atoms with E-state index in [-0.39, 0.29) is 5.82 Å². The SMILES string of the molecule is Cc1csc(Cc2nc(-c3cccc(F)c3)cs2)n1. The first kappa shape index (κ1) is 12.4. The van der Waals surface area contributed by atoms with Crippen LogP contribution in [0.3, 0.4) is 0 Å². The van der Waals surface area contributed by atoms with Gasteiger partial charge in [-0.1, -0.05) is 12.1 Å². The van der Waals surface area contributed by atoms with Crippen LogP contribution in [0.15, 0.2) is 35.0 Å². The zero-order valence-electron chi connectivity index (χ0n) is 10.3. The zero-order valence-corrected chi connectivity index (χ0v) is 11.9. The van der Waals surface area contributed by atoms with E-state index in [9.17, 15) is 4.39 Å². The first-order valence-corrected chi connectivity index (χ1v) is 7.58. The van der Waals surface area contributed by atoms with Gasteiger partial charge in [-0.05, 0) is 19.1 Å². The highest BCUT2D eigenvalue weighted by atomic mass is 32.1. The van der Waals surface area contributed by atoms with Crippen LogP contribution in [0, 0.1) is 12.7 Å². The van der Waals surface area contributed by atoms with Gasteiger partial charge in [-0.15, -0.1) is 22.7 Å². The van der Waals surface area contributed by atoms with E-state index >= 15 is 0 Å². The van der Waals surface area contributed by atoms with Crippen molar-refractivity contribution in [3.63, 3.8) is 0 Å². The van der Waals surface area contributed by atoms with E-state index in [0.29, 0.717) is 0 Å². The van der Waals surface area contributed by atoms with Crippen LogP contribution in [-0.4, -0.2) is 9.97 Å². The molecule has 2 aromatic heterocycles. The number of benzene rings is 1. The van der Waals surface area contributed by atoms with E-state index in [1.165, 1.54) is 12.1 Å². The summed E-state index contributed by atoms with van der Waals surface area (Å²) in [5.41, 5.74) is 2.69. The summed E-state index contributed by atoms with van der Waals surface area (Å²) in [6.45, 7) is 1.99. The highest BCUT2D eigenvalue weighted by Gasteiger charge is 2.08. The van der Waals surface area contributed by atoms with E-state index in [0.717, 1.165) is 33.4 Å². The Morgan fingerprint density at radius 2 is 1.89 bits per heavy atom. The molecule has 0 radical (unpaired) electrons. The third kappa shape index (κ3) is 2.88. The fraction of sp³-hybridized carbons (Fsp3) is 0.143. The smallest absolute Gasteiger partial charge is 0.123 e. The molecule has 19 heavy (non-hydrogen) atoms. The number of rotatable bonds is 3. The van der Waals surface area contributed by atoms with Crippen molar-refractivity contribution < 1.29 is 4.39 Å². The fourth-order valence-corrected chi connectivity index (χ4v) is 3.46. The quantitative estimate of drug-likeness (QED) is 0.718. The molecule has 1 aromatic carbocycles. The van der Waals surface area contributed by atoms with Gasteiger partial charge in [0.25, 0.3) is 0 Å². The van der Waals surface area contributed by atoms with Crippen molar-refractivity contribution >= 4 is 22.7 Å². The molecule has 0 aliphatic rings. The maximum Gasteiger partial charge on any atom is 0.123 e. The monoisotopic (exact) mass is 290 g/mol. The van der Waals surface area contributed by atoms with Crippen LogP contribution in [-0.2, 0) is 6.42 Å². The topological polar surface area (TPSA) is 25.8 Å². The lowest BCUT2D eigenvalue weighted by Crippen LogP contribution is -1.87. The minimum Gasteiger partial charge on any atom is -0.246 e. The molecular weight excluding hydrogens is 279 g/mol. The van der Waals surface area contributed by atoms with E-state index < -0.39 is 0 Å². The van der Waals surface area contributed by atoms with Crippen LogP contribution in [0.4, 0.5) is 4.39 Å². The summed E-state index contributed by atoms with van der Waals surface area (Å²) in [6.07, 6.45) is 0.749. The molecule has 0 fully saturated rings. The average Bonchev–Trinajstić information content (AvgIpc) is 2.99. The Balaban J connectivity index is 1.83. The van der Waals surface area contributed by atoms with E-state index in [1.807, 2.05) is 23.8 Å². The lowest BCUT2D eigenvalue weighted by Gasteiger charge is -1.96. The molecule has 2 nitrogen and oxygen atoms in total. The normalized spacial score (nSPS) is 10.8. The van der Waals surface area contributed by atoms with Gasteiger partial charge in [-0.3, -0.25) is 0 Å². The maximum absolute atomic E-state index is 13.2. The number of halogens is 1. The Bertz CT molecular complexity index is 703. The number of thiazole rings is 2. The van der Waals surface area contributed by atoms with Crippen LogP contribution in [0.1, 0.15) is 15.7 Å². The Hall–Kier alpha value is -1.59. The number of aromatic nitrogens is 2. The molecule has 0 aliphatic carbocycles. The second-order valence-corrected chi connectivity index (χ2v) is 6.08. The standard InChI is InChI=1S/C14H11FN2S2/c1-9-7-18-13(16-9)6-14-17-12(8-19-14)10-3-2-4-11(15)5-10/h2-5,7-8H,6H2,1H3. The highest BCUT2D eigenvalue weighted by molar-refractivity contribution is 7.11. The van der Waals surface area contributed by atoms with Crippen molar-refractivity contribution in [2.75, 3.05) is 0 Å². The molecule has 0 bridgehead atoms. The summed E-state index contributed by atoms with van der Waals surface area (Å²) in [5.74, 6) is -0.234. The molecule has 0 atom stereocenters. The molecule has 0 unspecified atom stereocenters. The van der Waals surface area contributed by atoms with Gasteiger partial charge in [-0.25, -0.2) is 14.4 Å². The van der Waals surface area contributed by atoms with Crippen molar-refractivity contribution in [2.45, 2.75) is 13.3 Å². The molecule has 3 aromatic rings. The molecule has 0 N–H and O–H groups in total. The predicted molar refractivity (Wildman–Crippen MR) is 77.2 cm³/mol. The first-order chi connectivity index (χ1) is 9.20. The molecular formula is C14H11FN2S2. The lowest BCUT2D eigenvalue weighted by molar-refractivity contribution is 0.628. The molecule has 3 rings (SSSR count). The minimum absolute atomic E-state index is 0.234. The third-order valence-corrected chi connectivity index (χ3v) is 4.46. The van der Waals surface area contributed by atoms with Gasteiger partial charge in [0.1, 0.15) is 10.8 Å². The molecule has 0 spiro atoms. The van der Waals surface area contributed by atoms with Crippen molar-refractivity contribution in [2.24, 2.45) is 0 Å². The average molecular weight is 290 g/mol. The summed E-state index contributed by atoms with van der Waals surface area (Å²) in [6, 6.07) is 6.52. The summed E-state index contributed by atoms with van der Waals surface area (Å²) < 4.78 is 13.2. The Kier molecular flexibility index (Phi) is 3.40. The second kappa shape index (κ2) is 5.19. The van der Waals surface area contributed by atoms with Crippen molar-refractivity contribution in [1.82, 2.24) is 9.97 Å². The zero-order chi connectivity index (χ0) is 13.2. The van der Waals surface area contributed by atoms with E-state index in [1.54, 1.807) is 28.7 Å². The summed E-state index contributed by atoms with van der Waals surface area (Å²) in [7, 11) is 0. The number of hydrogen-bond acceptors (Lipinski definition) is 4. The van der Waals surface area contributed by atoms with Crippen LogP contribution >= 0.6 is 22.7 Å². The molecule has 0 amide bonds. The van der Waals surface area contributed by atoms with E-state index in [4.69, 9.17) is 0 Å². The predicted octanol–water partition coefficient (Wildman–Crippen LogP) is 4.30. The van der Waals surface area contributed by atoms with Crippen molar-refractivity contribution in [1.29, 1.82) is 0 Å². The van der Waals surface area contributed by atoms with E-state index in [2.05, 4.69) is 9.97 Å². The van der Waals surface area contributed by atoms with Crippen LogP contribution in [0.25, 0.3) is 11.3 Å². The number of hydrogen-bond donors (Lipinski definition) is 0. The maximum atomic E-state index is 13.2. The van der Waals surface area contributed by atoms with Crippen LogP contribution in [0.2, 0.25) is 0 Å². The Morgan fingerprint density at radius 3 is 2.63 bits per heavy atom. The molecule has 96 valence electrons.